The second kappa shape index (κ2) is 9.04. The van der Waals surface area contributed by atoms with Crippen LogP contribution in [0.5, 0.6) is 0 Å². The van der Waals surface area contributed by atoms with Crippen LogP contribution in [0.3, 0.4) is 0 Å². The van der Waals surface area contributed by atoms with Crippen molar-refractivity contribution in [1.82, 2.24) is 9.97 Å². The Kier molecular flexibility index (Phi) is 5.73. The molecule has 0 spiro atoms. The first-order valence-electron chi connectivity index (χ1n) is 11.3. The number of pyridine rings is 2. The van der Waals surface area contributed by atoms with E-state index < -0.39 is 0 Å². The molecule has 0 aliphatic heterocycles. The summed E-state index contributed by atoms with van der Waals surface area (Å²) in [5, 5.41) is 5.69. The summed E-state index contributed by atoms with van der Waals surface area (Å²) in [5.41, 5.74) is 4.87. The van der Waals surface area contributed by atoms with Gasteiger partial charge < -0.3 is 0 Å². The molecule has 0 bridgehead atoms. The minimum atomic E-state index is 0.601. The molecule has 2 nitrogen and oxygen atoms in total. The van der Waals surface area contributed by atoms with Gasteiger partial charge in [-0.15, -0.1) is 22.7 Å². The summed E-state index contributed by atoms with van der Waals surface area (Å²) >= 11 is 9.55. The number of hydrogen-bond donors (Lipinski definition) is 0. The van der Waals surface area contributed by atoms with Crippen molar-refractivity contribution in [2.45, 2.75) is 13.8 Å². The van der Waals surface area contributed by atoms with Crippen LogP contribution in [-0.2, 0) is 0 Å². The molecule has 5 heteroatoms. The Bertz CT molecular complexity index is 1830. The molecule has 0 amide bonds. The van der Waals surface area contributed by atoms with E-state index in [-0.39, 0.29) is 0 Å². The van der Waals surface area contributed by atoms with Gasteiger partial charge >= 0.3 is 0 Å². The number of fused-ring (bicyclic) bond motifs is 6. The van der Waals surface area contributed by atoms with Gasteiger partial charge in [0.1, 0.15) is 5.15 Å². The highest BCUT2D eigenvalue weighted by Gasteiger charge is 2.11. The molecule has 0 aliphatic rings. The number of aromatic nitrogens is 2. The maximum absolute atomic E-state index is 6.03. The lowest BCUT2D eigenvalue weighted by molar-refractivity contribution is 1.33. The monoisotopic (exact) mass is 508 g/mol. The Labute approximate surface area is 216 Å². The topological polar surface area (TPSA) is 25.8 Å². The van der Waals surface area contributed by atoms with Gasteiger partial charge in [0.2, 0.25) is 0 Å². The van der Waals surface area contributed by atoms with Crippen LogP contribution in [0.2, 0.25) is 5.15 Å². The minimum Gasteiger partial charge on any atom is -0.255 e. The van der Waals surface area contributed by atoms with Crippen LogP contribution >= 0.6 is 34.3 Å². The molecular formula is C30H21ClN2S2. The maximum Gasteiger partial charge on any atom is 0.146 e. The van der Waals surface area contributed by atoms with Crippen LogP contribution < -0.4 is 0 Å². The van der Waals surface area contributed by atoms with E-state index in [9.17, 15) is 0 Å². The number of halogens is 1. The van der Waals surface area contributed by atoms with Crippen LogP contribution in [0.4, 0.5) is 0 Å². The van der Waals surface area contributed by atoms with Gasteiger partial charge in [-0.25, -0.2) is 4.98 Å². The van der Waals surface area contributed by atoms with Gasteiger partial charge in [0.15, 0.2) is 0 Å². The Morgan fingerprint density at radius 3 is 1.80 bits per heavy atom. The highest BCUT2D eigenvalue weighted by atomic mass is 35.5. The van der Waals surface area contributed by atoms with Crippen molar-refractivity contribution in [3.63, 3.8) is 0 Å². The molecule has 4 aromatic heterocycles. The predicted octanol–water partition coefficient (Wildman–Crippen LogP) is 9.84. The standard InChI is InChI=1S/C19H15NS.C11H6ClNS/c1-12-9-13(2)11-14(10-12)18-19-16(7-8-20-18)15-5-3-4-6-17(15)21-19;12-11-10-8(5-6-13-11)7-3-1-2-4-9(7)14-10/h3-11H,1-2H3;1-6H. The Hall–Kier alpha value is -3.31. The van der Waals surface area contributed by atoms with Gasteiger partial charge in [-0.2, -0.15) is 0 Å². The van der Waals surface area contributed by atoms with E-state index in [1.54, 1.807) is 17.5 Å². The van der Waals surface area contributed by atoms with Crippen LogP contribution in [0.15, 0.2) is 91.3 Å². The zero-order valence-electron chi connectivity index (χ0n) is 19.2. The zero-order chi connectivity index (χ0) is 23.9. The van der Waals surface area contributed by atoms with E-state index in [1.807, 2.05) is 35.7 Å². The van der Waals surface area contributed by atoms with Crippen molar-refractivity contribution in [2.75, 3.05) is 0 Å². The third kappa shape index (κ3) is 4.08. The molecule has 0 aliphatic carbocycles. The van der Waals surface area contributed by atoms with Crippen molar-refractivity contribution < 1.29 is 0 Å². The van der Waals surface area contributed by atoms with Gasteiger partial charge in [-0.3, -0.25) is 4.98 Å². The van der Waals surface area contributed by atoms with E-state index in [1.165, 1.54) is 52.3 Å². The normalized spacial score (nSPS) is 11.3. The van der Waals surface area contributed by atoms with Gasteiger partial charge in [0, 0.05) is 48.9 Å². The van der Waals surface area contributed by atoms with Crippen molar-refractivity contribution in [3.05, 3.63) is 108 Å². The number of aryl methyl sites for hydroxylation is 2. The average molecular weight is 509 g/mol. The fourth-order valence-corrected chi connectivity index (χ4v) is 7.15. The van der Waals surface area contributed by atoms with Crippen LogP contribution in [0.1, 0.15) is 11.1 Å². The summed E-state index contributed by atoms with van der Waals surface area (Å²) in [7, 11) is 0. The van der Waals surface area contributed by atoms with Crippen molar-refractivity contribution in [2.24, 2.45) is 0 Å². The molecule has 0 atom stereocenters. The highest BCUT2D eigenvalue weighted by Crippen LogP contribution is 2.39. The molecule has 0 saturated carbocycles. The molecular weight excluding hydrogens is 488 g/mol. The first kappa shape index (κ1) is 22.2. The third-order valence-electron chi connectivity index (χ3n) is 6.04. The second-order valence-corrected chi connectivity index (χ2v) is 11.0. The quantitative estimate of drug-likeness (QED) is 0.206. The molecule has 35 heavy (non-hydrogen) atoms. The molecule has 7 aromatic rings. The maximum atomic E-state index is 6.03. The number of benzene rings is 3. The molecule has 3 aromatic carbocycles. The first-order chi connectivity index (χ1) is 17.1. The molecule has 4 heterocycles. The smallest absolute Gasteiger partial charge is 0.146 e. The van der Waals surface area contributed by atoms with E-state index >= 15 is 0 Å². The average Bonchev–Trinajstić information content (AvgIpc) is 3.43. The molecule has 0 fully saturated rings. The van der Waals surface area contributed by atoms with Crippen molar-refractivity contribution in [1.29, 1.82) is 0 Å². The summed E-state index contributed by atoms with van der Waals surface area (Å²) in [5.74, 6) is 0. The summed E-state index contributed by atoms with van der Waals surface area (Å²) in [6.07, 6.45) is 3.68. The Morgan fingerprint density at radius 2 is 1.14 bits per heavy atom. The lowest BCUT2D eigenvalue weighted by Gasteiger charge is -2.05. The molecule has 0 radical (unpaired) electrons. The number of thiophene rings is 2. The zero-order valence-corrected chi connectivity index (χ0v) is 21.6. The predicted molar refractivity (Wildman–Crippen MR) is 154 cm³/mol. The summed E-state index contributed by atoms with van der Waals surface area (Å²) in [6.45, 7) is 4.28. The highest BCUT2D eigenvalue weighted by molar-refractivity contribution is 7.26. The molecule has 0 unspecified atom stereocenters. The lowest BCUT2D eigenvalue weighted by Crippen LogP contribution is -1.86. The van der Waals surface area contributed by atoms with E-state index in [2.05, 4.69) is 84.5 Å². The van der Waals surface area contributed by atoms with E-state index in [4.69, 9.17) is 11.6 Å². The summed E-state index contributed by atoms with van der Waals surface area (Å²) in [4.78, 5) is 8.74. The van der Waals surface area contributed by atoms with E-state index in [0.717, 1.165) is 10.4 Å². The minimum absolute atomic E-state index is 0.601. The fraction of sp³-hybridized carbons (Fsp3) is 0.0667. The fourth-order valence-electron chi connectivity index (χ4n) is 4.59. The van der Waals surface area contributed by atoms with Crippen LogP contribution in [-0.4, -0.2) is 9.97 Å². The van der Waals surface area contributed by atoms with Gasteiger partial charge in [0.05, 0.1) is 15.1 Å². The number of hydrogen-bond acceptors (Lipinski definition) is 4. The van der Waals surface area contributed by atoms with Crippen LogP contribution in [0.25, 0.3) is 51.6 Å². The Morgan fingerprint density at radius 1 is 0.600 bits per heavy atom. The largest absolute Gasteiger partial charge is 0.255 e. The van der Waals surface area contributed by atoms with Crippen molar-refractivity contribution >= 4 is 74.6 Å². The Balaban J connectivity index is 0.000000141. The SMILES string of the molecule is Cc1cc(C)cc(-c2nccc3c2sc2ccccc23)c1.Clc1nccc2c1sc1ccccc12. The van der Waals surface area contributed by atoms with Crippen LogP contribution in [0, 0.1) is 13.8 Å². The third-order valence-corrected chi connectivity index (χ3v) is 8.82. The molecule has 170 valence electrons. The summed E-state index contributed by atoms with van der Waals surface area (Å²) < 4.78 is 4.95. The number of rotatable bonds is 1. The molecule has 7 rings (SSSR count). The number of nitrogens with zero attached hydrogens (tertiary/aromatic N) is 2. The first-order valence-corrected chi connectivity index (χ1v) is 13.4. The molecule has 0 N–H and O–H groups in total. The lowest BCUT2D eigenvalue weighted by atomic mass is 10.0. The second-order valence-electron chi connectivity index (χ2n) is 8.59. The van der Waals surface area contributed by atoms with E-state index in [0.29, 0.717) is 5.15 Å². The van der Waals surface area contributed by atoms with Gasteiger partial charge in [-0.1, -0.05) is 65.2 Å². The molecule has 0 saturated heterocycles. The van der Waals surface area contributed by atoms with Gasteiger partial charge in [-0.05, 0) is 50.2 Å². The van der Waals surface area contributed by atoms with Crippen molar-refractivity contribution in [3.8, 4) is 11.3 Å². The summed E-state index contributed by atoms with van der Waals surface area (Å²) in [6, 6.07) is 27.7. The van der Waals surface area contributed by atoms with Gasteiger partial charge in [0.25, 0.3) is 0 Å².